The number of carbonyl (C=O) groups is 1. The van der Waals surface area contributed by atoms with Crippen molar-refractivity contribution in [3.8, 4) is 5.75 Å². The van der Waals surface area contributed by atoms with E-state index in [4.69, 9.17) is 9.47 Å². The summed E-state index contributed by atoms with van der Waals surface area (Å²) in [6.07, 6.45) is 0. The normalized spacial score (nSPS) is 18.0. The van der Waals surface area contributed by atoms with Gasteiger partial charge < -0.3 is 14.4 Å². The number of rotatable bonds is 3. The Morgan fingerprint density at radius 2 is 2.00 bits per heavy atom. The van der Waals surface area contributed by atoms with Crippen LogP contribution in [0.4, 0.5) is 0 Å². The highest BCUT2D eigenvalue weighted by molar-refractivity contribution is 5.95. The zero-order chi connectivity index (χ0) is 15.4. The lowest BCUT2D eigenvalue weighted by atomic mass is 10.0. The molecular weight excluding hydrogens is 278 g/mol. The minimum absolute atomic E-state index is 0.0102. The molecule has 1 fully saturated rings. The van der Waals surface area contributed by atoms with E-state index in [0.717, 1.165) is 5.56 Å². The van der Waals surface area contributed by atoms with Gasteiger partial charge in [-0.05, 0) is 23.8 Å². The largest absolute Gasteiger partial charge is 0.497 e. The van der Waals surface area contributed by atoms with Gasteiger partial charge in [0.05, 0.1) is 26.4 Å². The van der Waals surface area contributed by atoms with Crippen LogP contribution in [-0.2, 0) is 4.74 Å². The van der Waals surface area contributed by atoms with Gasteiger partial charge in [0.15, 0.2) is 0 Å². The number of nitrogens with zero attached hydrogens (tertiary/aromatic N) is 1. The monoisotopic (exact) mass is 297 g/mol. The topological polar surface area (TPSA) is 38.8 Å². The molecule has 1 saturated heterocycles. The molecule has 0 spiro atoms. The quantitative estimate of drug-likeness (QED) is 0.874. The zero-order valence-electron chi connectivity index (χ0n) is 12.6. The summed E-state index contributed by atoms with van der Waals surface area (Å²) in [5.74, 6) is 0.700. The molecule has 0 aliphatic carbocycles. The minimum atomic E-state index is -0.0475. The Hall–Kier alpha value is -2.33. The van der Waals surface area contributed by atoms with Crippen LogP contribution in [0.3, 0.4) is 0 Å². The number of amides is 1. The van der Waals surface area contributed by atoms with Crippen LogP contribution >= 0.6 is 0 Å². The lowest BCUT2D eigenvalue weighted by Gasteiger charge is -2.36. The molecule has 1 aliphatic heterocycles. The fourth-order valence-corrected chi connectivity index (χ4v) is 2.72. The van der Waals surface area contributed by atoms with Gasteiger partial charge >= 0.3 is 0 Å². The van der Waals surface area contributed by atoms with Crippen molar-refractivity contribution >= 4 is 5.91 Å². The smallest absolute Gasteiger partial charge is 0.254 e. The standard InChI is InChI=1S/C18H19NO3/c1-21-16-9-5-8-15(12-16)18(20)19-10-11-22-13-17(19)14-6-3-2-4-7-14/h2-9,12,17H,10-11,13H2,1H3. The predicted octanol–water partition coefficient (Wildman–Crippen LogP) is 2.91. The van der Waals surface area contributed by atoms with E-state index in [9.17, 15) is 4.79 Å². The average Bonchev–Trinajstić information content (AvgIpc) is 2.62. The Balaban J connectivity index is 1.88. The van der Waals surface area contributed by atoms with E-state index >= 15 is 0 Å². The number of benzene rings is 2. The zero-order valence-corrected chi connectivity index (χ0v) is 12.6. The second-order valence-electron chi connectivity index (χ2n) is 5.23. The molecule has 0 bridgehead atoms. The summed E-state index contributed by atoms with van der Waals surface area (Å²) in [5.41, 5.74) is 1.74. The lowest BCUT2D eigenvalue weighted by molar-refractivity contribution is -0.00270. The van der Waals surface area contributed by atoms with E-state index in [1.54, 1.807) is 13.2 Å². The van der Waals surface area contributed by atoms with Gasteiger partial charge in [-0.25, -0.2) is 0 Å². The molecular formula is C18H19NO3. The summed E-state index contributed by atoms with van der Waals surface area (Å²) in [5, 5.41) is 0. The Morgan fingerprint density at radius 3 is 2.77 bits per heavy atom. The third kappa shape index (κ3) is 2.97. The first-order valence-corrected chi connectivity index (χ1v) is 7.37. The van der Waals surface area contributed by atoms with Crippen molar-refractivity contribution in [2.75, 3.05) is 26.9 Å². The van der Waals surface area contributed by atoms with Gasteiger partial charge in [-0.3, -0.25) is 4.79 Å². The van der Waals surface area contributed by atoms with E-state index in [1.165, 1.54) is 0 Å². The van der Waals surface area contributed by atoms with E-state index in [1.807, 2.05) is 53.4 Å². The van der Waals surface area contributed by atoms with Crippen molar-refractivity contribution in [3.05, 3.63) is 65.7 Å². The molecule has 0 aromatic heterocycles. The first kappa shape index (κ1) is 14.6. The molecule has 3 rings (SSSR count). The number of carbonyl (C=O) groups excluding carboxylic acids is 1. The first-order valence-electron chi connectivity index (χ1n) is 7.37. The number of hydrogen-bond donors (Lipinski definition) is 0. The van der Waals surface area contributed by atoms with Crippen molar-refractivity contribution in [1.29, 1.82) is 0 Å². The van der Waals surface area contributed by atoms with Crippen LogP contribution in [0, 0.1) is 0 Å². The summed E-state index contributed by atoms with van der Waals surface area (Å²) in [7, 11) is 1.60. The van der Waals surface area contributed by atoms with Gasteiger partial charge in [0, 0.05) is 12.1 Å². The average molecular weight is 297 g/mol. The molecule has 1 heterocycles. The highest BCUT2D eigenvalue weighted by Crippen LogP contribution is 2.26. The summed E-state index contributed by atoms with van der Waals surface area (Å²) >= 11 is 0. The molecule has 114 valence electrons. The SMILES string of the molecule is COc1cccc(C(=O)N2CCOCC2c2ccccc2)c1. The Labute approximate surface area is 130 Å². The maximum Gasteiger partial charge on any atom is 0.254 e. The van der Waals surface area contributed by atoms with Gasteiger partial charge in [0.1, 0.15) is 5.75 Å². The van der Waals surface area contributed by atoms with Crippen LogP contribution < -0.4 is 4.74 Å². The van der Waals surface area contributed by atoms with Gasteiger partial charge in [-0.15, -0.1) is 0 Å². The Morgan fingerprint density at radius 1 is 1.18 bits per heavy atom. The molecule has 1 amide bonds. The Bertz CT molecular complexity index is 642. The van der Waals surface area contributed by atoms with Crippen molar-refractivity contribution in [1.82, 2.24) is 4.90 Å². The molecule has 2 aromatic carbocycles. The van der Waals surface area contributed by atoms with Crippen LogP contribution in [0.2, 0.25) is 0 Å². The maximum atomic E-state index is 12.9. The van der Waals surface area contributed by atoms with Gasteiger partial charge in [0.2, 0.25) is 0 Å². The summed E-state index contributed by atoms with van der Waals surface area (Å²) in [6.45, 7) is 1.69. The third-order valence-electron chi connectivity index (χ3n) is 3.89. The van der Waals surface area contributed by atoms with Crippen molar-refractivity contribution in [2.45, 2.75) is 6.04 Å². The molecule has 0 radical (unpaired) electrons. The fourth-order valence-electron chi connectivity index (χ4n) is 2.72. The van der Waals surface area contributed by atoms with Crippen LogP contribution in [0.5, 0.6) is 5.75 Å². The molecule has 0 N–H and O–H groups in total. The summed E-state index contributed by atoms with van der Waals surface area (Å²) in [4.78, 5) is 14.7. The number of morpholine rings is 1. The van der Waals surface area contributed by atoms with Crippen molar-refractivity contribution < 1.29 is 14.3 Å². The lowest BCUT2D eigenvalue weighted by Crippen LogP contribution is -2.43. The first-order chi connectivity index (χ1) is 10.8. The molecule has 0 saturated carbocycles. The van der Waals surface area contributed by atoms with Crippen LogP contribution in [-0.4, -0.2) is 37.7 Å². The van der Waals surface area contributed by atoms with E-state index in [0.29, 0.717) is 31.1 Å². The van der Waals surface area contributed by atoms with E-state index in [2.05, 4.69) is 0 Å². The van der Waals surface area contributed by atoms with Gasteiger partial charge in [-0.1, -0.05) is 36.4 Å². The summed E-state index contributed by atoms with van der Waals surface area (Å²) in [6, 6.07) is 17.2. The van der Waals surface area contributed by atoms with Crippen LogP contribution in [0.15, 0.2) is 54.6 Å². The van der Waals surface area contributed by atoms with Crippen molar-refractivity contribution in [2.24, 2.45) is 0 Å². The third-order valence-corrected chi connectivity index (χ3v) is 3.89. The molecule has 2 aromatic rings. The highest BCUT2D eigenvalue weighted by Gasteiger charge is 2.29. The van der Waals surface area contributed by atoms with Crippen LogP contribution in [0.25, 0.3) is 0 Å². The maximum absolute atomic E-state index is 12.9. The molecule has 4 heteroatoms. The highest BCUT2D eigenvalue weighted by atomic mass is 16.5. The van der Waals surface area contributed by atoms with Gasteiger partial charge in [-0.2, -0.15) is 0 Å². The fraction of sp³-hybridized carbons (Fsp3) is 0.278. The second kappa shape index (κ2) is 6.62. The minimum Gasteiger partial charge on any atom is -0.497 e. The molecule has 1 aliphatic rings. The van der Waals surface area contributed by atoms with Crippen LogP contribution in [0.1, 0.15) is 22.0 Å². The second-order valence-corrected chi connectivity index (χ2v) is 5.23. The Kier molecular flexibility index (Phi) is 4.39. The predicted molar refractivity (Wildman–Crippen MR) is 84.0 cm³/mol. The number of hydrogen-bond acceptors (Lipinski definition) is 3. The molecule has 4 nitrogen and oxygen atoms in total. The molecule has 1 atom stereocenters. The number of ether oxygens (including phenoxy) is 2. The number of methoxy groups -OCH3 is 1. The van der Waals surface area contributed by atoms with E-state index in [-0.39, 0.29) is 11.9 Å². The van der Waals surface area contributed by atoms with E-state index < -0.39 is 0 Å². The molecule has 22 heavy (non-hydrogen) atoms. The molecule has 1 unspecified atom stereocenters. The van der Waals surface area contributed by atoms with Crippen molar-refractivity contribution in [3.63, 3.8) is 0 Å². The van der Waals surface area contributed by atoms with Gasteiger partial charge in [0.25, 0.3) is 5.91 Å². The summed E-state index contributed by atoms with van der Waals surface area (Å²) < 4.78 is 10.8.